The van der Waals surface area contributed by atoms with Crippen molar-refractivity contribution >= 4 is 52.7 Å². The number of carbonyl (C=O) groups excluding carboxylic acids is 4. The van der Waals surface area contributed by atoms with Crippen LogP contribution in [0.2, 0.25) is 0 Å². The molecular weight excluding hydrogens is 798 g/mol. The monoisotopic (exact) mass is 852 g/mol. The molecule has 0 unspecified atom stereocenters. The molecule has 1 aliphatic carbocycles. The number of rotatable bonds is 7. The van der Waals surface area contributed by atoms with Crippen molar-refractivity contribution in [2.45, 2.75) is 136 Å². The van der Waals surface area contributed by atoms with Gasteiger partial charge in [-0.3, -0.25) is 10.00 Å². The normalized spacial score (nSPS) is 16.1. The van der Waals surface area contributed by atoms with Gasteiger partial charge in [0, 0.05) is 48.0 Å². The van der Waals surface area contributed by atoms with Crippen LogP contribution in [0, 0.1) is 0 Å². The van der Waals surface area contributed by atoms with E-state index in [2.05, 4.69) is 20.7 Å². The Morgan fingerprint density at radius 2 is 1.36 bits per heavy atom. The van der Waals surface area contributed by atoms with E-state index in [0.29, 0.717) is 48.7 Å². The van der Waals surface area contributed by atoms with Crippen molar-refractivity contribution in [1.82, 2.24) is 24.6 Å². The molecule has 0 bridgehead atoms. The van der Waals surface area contributed by atoms with Crippen molar-refractivity contribution in [3.63, 3.8) is 0 Å². The lowest BCUT2D eigenvalue weighted by Crippen LogP contribution is -2.52. The molecule has 5 rings (SSSR count). The molecule has 0 aliphatic heterocycles. The van der Waals surface area contributed by atoms with Crippen molar-refractivity contribution in [2.75, 3.05) is 15.5 Å². The molecule has 2 aromatic heterocycles. The Bertz CT molecular complexity index is 2240. The standard InChI is InChI=1S/C43H55F3N8O7/c1-12-25-20-26(32-23-33(51-52(32)11)49-36(55)48-29-15-13-14-28(22-29)43(44,45)46)21-27-24-47-35(50-34(25)27)53(37(56)59-40(2,3)4)30-16-18-31(19-17-30)54(38(57)60-41(5,6)7)39(58)61-42(8,9)10/h13-15,20-24,30-31H,12,16-19H2,1-11H3,(H2,48,49,51,55). The van der Waals surface area contributed by atoms with E-state index in [-0.39, 0.29) is 17.5 Å². The van der Waals surface area contributed by atoms with E-state index in [1.54, 1.807) is 86.3 Å². The number of imide groups is 1. The molecule has 61 heavy (non-hydrogen) atoms. The van der Waals surface area contributed by atoms with Gasteiger partial charge in [-0.05, 0) is 130 Å². The van der Waals surface area contributed by atoms with Gasteiger partial charge in [0.2, 0.25) is 5.95 Å². The summed E-state index contributed by atoms with van der Waals surface area (Å²) in [6.45, 7) is 17.6. The minimum Gasteiger partial charge on any atom is -0.443 e. The van der Waals surface area contributed by atoms with Crippen molar-refractivity contribution in [2.24, 2.45) is 7.05 Å². The largest absolute Gasteiger partial charge is 0.443 e. The first-order valence-electron chi connectivity index (χ1n) is 20.1. The van der Waals surface area contributed by atoms with Crippen LogP contribution in [0.4, 0.5) is 49.8 Å². The minimum atomic E-state index is -4.56. The highest BCUT2D eigenvalue weighted by molar-refractivity contribution is 5.99. The predicted octanol–water partition coefficient (Wildman–Crippen LogP) is 10.5. The number of alkyl halides is 3. The van der Waals surface area contributed by atoms with Gasteiger partial charge in [-0.15, -0.1) is 0 Å². The lowest BCUT2D eigenvalue weighted by Gasteiger charge is -2.39. The number of aromatic nitrogens is 4. The van der Waals surface area contributed by atoms with E-state index in [4.69, 9.17) is 19.2 Å². The molecule has 0 atom stereocenters. The molecule has 2 aromatic carbocycles. The molecule has 2 N–H and O–H groups in total. The fraction of sp³-hybridized carbons (Fsp3) is 0.512. The van der Waals surface area contributed by atoms with E-state index in [0.717, 1.165) is 28.2 Å². The first kappa shape index (κ1) is 46.1. The van der Waals surface area contributed by atoms with Crippen LogP contribution in [0.5, 0.6) is 0 Å². The molecule has 15 nitrogen and oxygen atoms in total. The third-order valence-electron chi connectivity index (χ3n) is 9.38. The van der Waals surface area contributed by atoms with E-state index in [1.807, 2.05) is 19.1 Å². The third kappa shape index (κ3) is 12.1. The number of hydrogen-bond acceptors (Lipinski definition) is 10. The zero-order valence-electron chi connectivity index (χ0n) is 36.5. The number of urea groups is 1. The number of benzene rings is 2. The van der Waals surface area contributed by atoms with Gasteiger partial charge in [0.05, 0.1) is 16.8 Å². The second-order valence-corrected chi connectivity index (χ2v) is 17.9. The fourth-order valence-corrected chi connectivity index (χ4v) is 6.87. The summed E-state index contributed by atoms with van der Waals surface area (Å²) < 4.78 is 58.2. The first-order valence-corrected chi connectivity index (χ1v) is 20.1. The van der Waals surface area contributed by atoms with Crippen molar-refractivity contribution < 1.29 is 46.6 Å². The number of nitrogens with zero attached hydrogens (tertiary/aromatic N) is 6. The molecule has 1 aliphatic rings. The summed E-state index contributed by atoms with van der Waals surface area (Å²) in [4.78, 5) is 65.6. The van der Waals surface area contributed by atoms with E-state index in [9.17, 15) is 32.3 Å². The number of nitrogens with one attached hydrogen (secondary N) is 2. The summed E-state index contributed by atoms with van der Waals surface area (Å²) in [5, 5.41) is 10.0. The number of aryl methyl sites for hydroxylation is 2. The number of hydrogen-bond donors (Lipinski definition) is 2. The van der Waals surface area contributed by atoms with Crippen molar-refractivity contribution in [3.8, 4) is 11.3 Å². The van der Waals surface area contributed by atoms with Crippen molar-refractivity contribution in [1.29, 1.82) is 0 Å². The van der Waals surface area contributed by atoms with Crippen LogP contribution >= 0.6 is 0 Å². The zero-order chi connectivity index (χ0) is 45.2. The molecule has 5 amide bonds. The molecule has 4 aromatic rings. The van der Waals surface area contributed by atoms with Crippen LogP contribution in [0.3, 0.4) is 0 Å². The number of fused-ring (bicyclic) bond motifs is 1. The number of ether oxygens (including phenoxy) is 3. The number of amides is 5. The number of anilines is 3. The molecule has 0 saturated heterocycles. The second-order valence-electron chi connectivity index (χ2n) is 17.9. The molecule has 18 heteroatoms. The minimum absolute atomic E-state index is 0.0362. The first-order chi connectivity index (χ1) is 28.2. The average Bonchev–Trinajstić information content (AvgIpc) is 3.48. The maximum absolute atomic E-state index is 14.0. The van der Waals surface area contributed by atoms with Crippen LogP contribution in [0.15, 0.2) is 48.7 Å². The fourth-order valence-electron chi connectivity index (χ4n) is 6.87. The maximum atomic E-state index is 14.0. The maximum Gasteiger partial charge on any atom is 0.420 e. The van der Waals surface area contributed by atoms with Crippen LogP contribution in [0.1, 0.15) is 106 Å². The highest BCUT2D eigenvalue weighted by Crippen LogP contribution is 2.35. The molecule has 1 saturated carbocycles. The molecule has 1 fully saturated rings. The van der Waals surface area contributed by atoms with Gasteiger partial charge in [0.1, 0.15) is 16.8 Å². The van der Waals surface area contributed by atoms with Gasteiger partial charge in [-0.25, -0.2) is 38.9 Å². The summed E-state index contributed by atoms with van der Waals surface area (Å²) >= 11 is 0. The summed E-state index contributed by atoms with van der Waals surface area (Å²) in [5.41, 5.74) is -0.714. The highest BCUT2D eigenvalue weighted by atomic mass is 19.4. The van der Waals surface area contributed by atoms with Crippen molar-refractivity contribution in [3.05, 3.63) is 59.8 Å². The van der Waals surface area contributed by atoms with Crippen LogP contribution < -0.4 is 15.5 Å². The summed E-state index contributed by atoms with van der Waals surface area (Å²) in [7, 11) is 1.69. The Kier molecular flexibility index (Phi) is 13.3. The second kappa shape index (κ2) is 17.6. The molecule has 0 radical (unpaired) electrons. The summed E-state index contributed by atoms with van der Waals surface area (Å²) in [6, 6.07) is 7.94. The summed E-state index contributed by atoms with van der Waals surface area (Å²) in [5.74, 6) is 0.289. The number of halogens is 3. The van der Waals surface area contributed by atoms with Crippen LogP contribution in [-0.4, -0.2) is 77.8 Å². The molecule has 0 spiro atoms. The van der Waals surface area contributed by atoms with Gasteiger partial charge in [-0.2, -0.15) is 18.3 Å². The Balaban J connectivity index is 1.41. The summed E-state index contributed by atoms with van der Waals surface area (Å²) in [6.07, 6.45) is -3.22. The zero-order valence-corrected chi connectivity index (χ0v) is 36.5. The Morgan fingerprint density at radius 1 is 0.787 bits per heavy atom. The smallest absolute Gasteiger partial charge is 0.420 e. The topological polar surface area (TPSA) is 170 Å². The van der Waals surface area contributed by atoms with Gasteiger partial charge in [0.25, 0.3) is 0 Å². The van der Waals surface area contributed by atoms with Gasteiger partial charge in [0.15, 0.2) is 5.82 Å². The number of carbonyl (C=O) groups is 4. The molecule has 330 valence electrons. The Labute approximate surface area is 353 Å². The van der Waals surface area contributed by atoms with Gasteiger partial charge >= 0.3 is 30.5 Å². The van der Waals surface area contributed by atoms with E-state index >= 15 is 0 Å². The Hall–Kier alpha value is -5.94. The van der Waals surface area contributed by atoms with E-state index < -0.39 is 64.9 Å². The SMILES string of the molecule is CCc1cc(-c2cc(NC(=O)Nc3cccc(C(F)(F)F)c3)nn2C)cc2cnc(N(C(=O)OC(C)(C)C)C3CCC(N(C(=O)OC(C)(C)C)C(=O)OC(C)(C)C)CC3)nc12. The predicted molar refractivity (Wildman–Crippen MR) is 224 cm³/mol. The Morgan fingerprint density at radius 3 is 1.92 bits per heavy atom. The third-order valence-corrected chi connectivity index (χ3v) is 9.38. The van der Waals surface area contributed by atoms with E-state index in [1.165, 1.54) is 17.0 Å². The molecular formula is C43H55F3N8O7. The quantitative estimate of drug-likeness (QED) is 0.171. The van der Waals surface area contributed by atoms with Gasteiger partial charge < -0.3 is 19.5 Å². The lowest BCUT2D eigenvalue weighted by molar-refractivity contribution is -0.137. The van der Waals surface area contributed by atoms with Gasteiger partial charge in [-0.1, -0.05) is 13.0 Å². The van der Waals surface area contributed by atoms with Crippen LogP contribution in [-0.2, 0) is 33.9 Å². The average molecular weight is 853 g/mol. The molecule has 2 heterocycles. The highest BCUT2D eigenvalue weighted by Gasteiger charge is 2.41. The van der Waals surface area contributed by atoms with Crippen LogP contribution in [0.25, 0.3) is 22.2 Å². The lowest BCUT2D eigenvalue weighted by atomic mass is 9.89.